The van der Waals surface area contributed by atoms with Crippen LogP contribution in [-0.2, 0) is 4.79 Å². The Morgan fingerprint density at radius 2 is 1.68 bits per heavy atom. The molecule has 1 aliphatic rings. The van der Waals surface area contributed by atoms with Crippen LogP contribution in [-0.4, -0.2) is 16.6 Å². The number of benzene rings is 2. The van der Waals surface area contributed by atoms with Gasteiger partial charge in [-0.25, -0.2) is 0 Å². The van der Waals surface area contributed by atoms with Crippen molar-refractivity contribution in [1.82, 2.24) is 4.98 Å². The lowest BCUT2D eigenvalue weighted by atomic mass is 9.91. The number of allylic oxidation sites excluding steroid dienone is 1. The second kappa shape index (κ2) is 3.42. The molecule has 2 aromatic carbocycles. The topological polar surface area (TPSA) is 49.9 Å². The second-order valence-corrected chi connectivity index (χ2v) is 4.65. The van der Waals surface area contributed by atoms with Crippen molar-refractivity contribution in [3.05, 3.63) is 53.6 Å². The lowest BCUT2D eigenvalue weighted by Gasteiger charge is -2.09. The predicted octanol–water partition coefficient (Wildman–Crippen LogP) is 3.10. The van der Waals surface area contributed by atoms with Crippen LogP contribution in [0.5, 0.6) is 0 Å². The van der Waals surface area contributed by atoms with Crippen LogP contribution in [0.4, 0.5) is 0 Å². The average molecular weight is 247 g/mol. The van der Waals surface area contributed by atoms with E-state index in [2.05, 4.69) is 4.98 Å². The van der Waals surface area contributed by atoms with Crippen molar-refractivity contribution in [2.75, 3.05) is 0 Å². The van der Waals surface area contributed by atoms with E-state index in [0.29, 0.717) is 5.56 Å². The summed E-state index contributed by atoms with van der Waals surface area (Å²) in [5.41, 5.74) is 3.18. The quantitative estimate of drug-likeness (QED) is 0.620. The zero-order valence-corrected chi connectivity index (χ0v) is 9.94. The minimum atomic E-state index is -0.453. The highest BCUT2D eigenvalue weighted by atomic mass is 16.2. The van der Waals surface area contributed by atoms with E-state index < -0.39 is 11.6 Å². The first kappa shape index (κ1) is 10.3. The molecule has 3 heteroatoms. The molecule has 4 rings (SSSR count). The number of carbonyl (C=O) groups excluding carboxylic acids is 2. The van der Waals surface area contributed by atoms with Gasteiger partial charge < -0.3 is 4.98 Å². The van der Waals surface area contributed by atoms with Gasteiger partial charge in [0, 0.05) is 27.4 Å². The number of hydrogen-bond donors (Lipinski definition) is 1. The first-order valence-corrected chi connectivity index (χ1v) is 6.06. The molecule has 0 fully saturated rings. The van der Waals surface area contributed by atoms with Crippen LogP contribution in [0.25, 0.3) is 27.9 Å². The molecule has 1 heterocycles. The minimum Gasteiger partial charge on any atom is -0.354 e. The summed E-state index contributed by atoms with van der Waals surface area (Å²) in [4.78, 5) is 27.0. The maximum absolute atomic E-state index is 12.2. The Morgan fingerprint density at radius 3 is 2.58 bits per heavy atom. The zero-order valence-electron chi connectivity index (χ0n) is 9.94. The predicted molar refractivity (Wildman–Crippen MR) is 74.2 cm³/mol. The monoisotopic (exact) mass is 247 g/mol. The van der Waals surface area contributed by atoms with Crippen LogP contribution in [0, 0.1) is 0 Å². The molecule has 0 aliphatic heterocycles. The molecule has 0 atom stereocenters. The molecular weight excluding hydrogens is 238 g/mol. The van der Waals surface area contributed by atoms with Gasteiger partial charge in [0.2, 0.25) is 11.6 Å². The van der Waals surface area contributed by atoms with E-state index in [4.69, 9.17) is 0 Å². The van der Waals surface area contributed by atoms with E-state index in [0.717, 1.165) is 27.4 Å². The van der Waals surface area contributed by atoms with Crippen LogP contribution < -0.4 is 0 Å². The Bertz CT molecular complexity index is 900. The van der Waals surface area contributed by atoms with Gasteiger partial charge in [0.15, 0.2) is 0 Å². The van der Waals surface area contributed by atoms with E-state index in [9.17, 15) is 9.59 Å². The fraction of sp³-hybridized carbons (Fsp3) is 0. The first-order chi connectivity index (χ1) is 9.25. The van der Waals surface area contributed by atoms with E-state index in [1.54, 1.807) is 6.08 Å². The van der Waals surface area contributed by atoms with Crippen LogP contribution >= 0.6 is 0 Å². The second-order valence-electron chi connectivity index (χ2n) is 4.65. The number of hydrogen-bond acceptors (Lipinski definition) is 2. The van der Waals surface area contributed by atoms with Gasteiger partial charge in [0.1, 0.15) is 0 Å². The van der Waals surface area contributed by atoms with E-state index >= 15 is 0 Å². The Kier molecular flexibility index (Phi) is 1.85. The van der Waals surface area contributed by atoms with Crippen LogP contribution in [0.1, 0.15) is 15.9 Å². The van der Waals surface area contributed by atoms with Crippen molar-refractivity contribution in [3.8, 4) is 0 Å². The van der Waals surface area contributed by atoms with Gasteiger partial charge in [-0.2, -0.15) is 0 Å². The third-order valence-electron chi connectivity index (χ3n) is 3.57. The van der Waals surface area contributed by atoms with Crippen LogP contribution in [0.2, 0.25) is 0 Å². The van der Waals surface area contributed by atoms with Crippen LogP contribution in [0.15, 0.2) is 42.5 Å². The Labute approximate surface area is 108 Å². The Morgan fingerprint density at radius 1 is 0.842 bits per heavy atom. The molecule has 19 heavy (non-hydrogen) atoms. The van der Waals surface area contributed by atoms with Crippen LogP contribution in [0.3, 0.4) is 0 Å². The maximum atomic E-state index is 12.2. The van der Waals surface area contributed by atoms with Gasteiger partial charge in [0.25, 0.3) is 0 Å². The summed E-state index contributed by atoms with van der Waals surface area (Å²) in [6.07, 6.45) is 3.05. The highest BCUT2D eigenvalue weighted by Gasteiger charge is 2.24. The van der Waals surface area contributed by atoms with Gasteiger partial charge in [-0.05, 0) is 23.8 Å². The lowest BCUT2D eigenvalue weighted by Crippen LogP contribution is -2.16. The molecule has 0 spiro atoms. The summed E-state index contributed by atoms with van der Waals surface area (Å²) in [5, 5.41) is 1.82. The number of H-pyrrole nitrogens is 1. The van der Waals surface area contributed by atoms with E-state index in [1.165, 1.54) is 6.08 Å². The Balaban J connectivity index is 2.27. The number of carbonyl (C=O) groups is 2. The molecule has 0 bridgehead atoms. The van der Waals surface area contributed by atoms with E-state index in [1.807, 2.05) is 36.4 Å². The van der Waals surface area contributed by atoms with Crippen molar-refractivity contribution in [2.45, 2.75) is 0 Å². The smallest absolute Gasteiger partial charge is 0.234 e. The van der Waals surface area contributed by atoms with Gasteiger partial charge in [0.05, 0.1) is 0 Å². The molecule has 1 aliphatic carbocycles. The first-order valence-electron chi connectivity index (χ1n) is 6.06. The molecular formula is C16H9NO2. The number of aromatic nitrogens is 1. The minimum absolute atomic E-state index is 0.423. The van der Waals surface area contributed by atoms with E-state index in [-0.39, 0.29) is 0 Å². The number of fused-ring (bicyclic) bond motifs is 5. The number of aromatic amines is 1. The van der Waals surface area contributed by atoms with Gasteiger partial charge in [-0.3, -0.25) is 9.59 Å². The summed E-state index contributed by atoms with van der Waals surface area (Å²) < 4.78 is 0. The van der Waals surface area contributed by atoms with Crippen molar-refractivity contribution in [3.63, 3.8) is 0 Å². The Hall–Kier alpha value is -2.68. The number of Topliss-reactive ketones (excluding diaryl/α,β-unsaturated/α-hetero) is 1. The molecule has 3 nitrogen and oxygen atoms in total. The lowest BCUT2D eigenvalue weighted by molar-refractivity contribution is -0.110. The highest BCUT2D eigenvalue weighted by molar-refractivity contribution is 6.52. The van der Waals surface area contributed by atoms with Crippen molar-refractivity contribution in [2.24, 2.45) is 0 Å². The summed E-state index contributed by atoms with van der Waals surface area (Å²) in [6.45, 7) is 0. The molecule has 0 saturated heterocycles. The summed E-state index contributed by atoms with van der Waals surface area (Å²) >= 11 is 0. The third-order valence-corrected chi connectivity index (χ3v) is 3.57. The summed E-state index contributed by atoms with van der Waals surface area (Å²) in [5.74, 6) is -0.877. The molecule has 0 radical (unpaired) electrons. The van der Waals surface area contributed by atoms with Gasteiger partial charge in [-0.15, -0.1) is 0 Å². The zero-order chi connectivity index (χ0) is 13.0. The fourth-order valence-electron chi connectivity index (χ4n) is 2.71. The molecule has 1 N–H and O–H groups in total. The number of para-hydroxylation sites is 1. The average Bonchev–Trinajstić information content (AvgIpc) is 2.81. The molecule has 0 saturated carbocycles. The number of ketones is 2. The maximum Gasteiger partial charge on any atom is 0.234 e. The molecule has 1 aromatic heterocycles. The van der Waals surface area contributed by atoms with Crippen molar-refractivity contribution >= 4 is 39.4 Å². The fourth-order valence-corrected chi connectivity index (χ4v) is 2.71. The van der Waals surface area contributed by atoms with Crippen molar-refractivity contribution in [1.29, 1.82) is 0 Å². The number of rotatable bonds is 0. The normalized spacial score (nSPS) is 14.3. The molecule has 90 valence electrons. The molecule has 0 amide bonds. The molecule has 0 unspecified atom stereocenters. The largest absolute Gasteiger partial charge is 0.354 e. The third kappa shape index (κ3) is 1.27. The van der Waals surface area contributed by atoms with Crippen molar-refractivity contribution < 1.29 is 9.59 Å². The summed E-state index contributed by atoms with van der Waals surface area (Å²) in [6, 6.07) is 11.6. The number of nitrogens with one attached hydrogen (secondary N) is 1. The SMILES string of the molecule is O=C1C=Cc2ccc3[nH]c4ccccc4c3c2C1=O. The molecule has 3 aromatic rings. The standard InChI is InChI=1S/C16H9NO2/c18-13-8-6-9-5-7-12-15(14(9)16(13)19)10-3-1-2-4-11(10)17-12/h1-8,17H. The highest BCUT2D eigenvalue weighted by Crippen LogP contribution is 2.32. The van der Waals surface area contributed by atoms with Gasteiger partial charge >= 0.3 is 0 Å². The van der Waals surface area contributed by atoms with Gasteiger partial charge in [-0.1, -0.05) is 30.3 Å². The summed E-state index contributed by atoms with van der Waals surface area (Å²) in [7, 11) is 0.